The number of anilines is 1. The van der Waals surface area contributed by atoms with Gasteiger partial charge >= 0.3 is 0 Å². The molecule has 1 saturated heterocycles. The minimum Gasteiger partial charge on any atom is -0.332 e. The topological polar surface area (TPSA) is 66.6 Å². The SMILES string of the molecule is CCCC(C)(N)C(=O)N(C)C1CCN(c2ccccc2F)C1=O. The van der Waals surface area contributed by atoms with Gasteiger partial charge < -0.3 is 15.5 Å². The molecule has 126 valence electrons. The van der Waals surface area contributed by atoms with Crippen molar-refractivity contribution in [1.82, 2.24) is 4.90 Å². The Kier molecular flexibility index (Phi) is 5.04. The van der Waals surface area contributed by atoms with Gasteiger partial charge in [-0.15, -0.1) is 0 Å². The Bertz CT molecular complexity index is 603. The third-order valence-corrected chi connectivity index (χ3v) is 4.37. The lowest BCUT2D eigenvalue weighted by Crippen LogP contribution is -2.56. The zero-order valence-corrected chi connectivity index (χ0v) is 13.9. The number of amides is 2. The number of nitrogens with zero attached hydrogens (tertiary/aromatic N) is 2. The second-order valence-corrected chi connectivity index (χ2v) is 6.33. The molecule has 1 aromatic rings. The predicted octanol–water partition coefficient (Wildman–Crippen LogP) is 1.91. The molecule has 1 heterocycles. The average Bonchev–Trinajstić information content (AvgIpc) is 2.88. The van der Waals surface area contributed by atoms with E-state index in [0.29, 0.717) is 19.4 Å². The van der Waals surface area contributed by atoms with Gasteiger partial charge in [-0.05, 0) is 31.9 Å². The van der Waals surface area contributed by atoms with Crippen molar-refractivity contribution in [3.8, 4) is 0 Å². The summed E-state index contributed by atoms with van der Waals surface area (Å²) in [5.41, 5.74) is 5.34. The van der Waals surface area contributed by atoms with Gasteiger partial charge in [0.15, 0.2) is 0 Å². The highest BCUT2D eigenvalue weighted by molar-refractivity contribution is 6.02. The van der Waals surface area contributed by atoms with Crippen LogP contribution in [0.3, 0.4) is 0 Å². The van der Waals surface area contributed by atoms with Crippen LogP contribution >= 0.6 is 0 Å². The van der Waals surface area contributed by atoms with Crippen LogP contribution in [0.4, 0.5) is 10.1 Å². The summed E-state index contributed by atoms with van der Waals surface area (Å²) < 4.78 is 13.9. The number of halogens is 1. The Morgan fingerprint density at radius 3 is 2.74 bits per heavy atom. The molecule has 0 aliphatic carbocycles. The fourth-order valence-corrected chi connectivity index (χ4v) is 3.10. The van der Waals surface area contributed by atoms with Crippen molar-refractivity contribution in [2.45, 2.75) is 44.7 Å². The van der Waals surface area contributed by atoms with Crippen LogP contribution in [0.2, 0.25) is 0 Å². The van der Waals surface area contributed by atoms with Crippen LogP contribution in [0.25, 0.3) is 0 Å². The van der Waals surface area contributed by atoms with Crippen LogP contribution in [-0.4, -0.2) is 41.9 Å². The number of carbonyl (C=O) groups is 2. The summed E-state index contributed by atoms with van der Waals surface area (Å²) in [4.78, 5) is 28.0. The largest absolute Gasteiger partial charge is 0.332 e. The molecule has 0 bridgehead atoms. The maximum atomic E-state index is 13.9. The van der Waals surface area contributed by atoms with Crippen molar-refractivity contribution >= 4 is 17.5 Å². The molecule has 5 nitrogen and oxygen atoms in total. The second kappa shape index (κ2) is 6.66. The molecular formula is C17H24FN3O2. The molecule has 2 rings (SSSR count). The Morgan fingerprint density at radius 2 is 2.13 bits per heavy atom. The number of para-hydroxylation sites is 1. The van der Waals surface area contributed by atoms with Crippen molar-refractivity contribution in [2.75, 3.05) is 18.5 Å². The van der Waals surface area contributed by atoms with Crippen LogP contribution < -0.4 is 10.6 Å². The highest BCUT2D eigenvalue weighted by Crippen LogP contribution is 2.27. The summed E-state index contributed by atoms with van der Waals surface area (Å²) in [6, 6.07) is 5.56. The van der Waals surface area contributed by atoms with E-state index < -0.39 is 17.4 Å². The Hall–Kier alpha value is -1.95. The molecule has 1 aliphatic heterocycles. The number of hydrogen-bond acceptors (Lipinski definition) is 3. The lowest BCUT2D eigenvalue weighted by atomic mass is 9.95. The zero-order chi connectivity index (χ0) is 17.2. The molecule has 1 fully saturated rings. The van der Waals surface area contributed by atoms with Crippen molar-refractivity contribution in [3.05, 3.63) is 30.1 Å². The molecule has 0 radical (unpaired) electrons. The minimum absolute atomic E-state index is 0.255. The van der Waals surface area contributed by atoms with Crippen LogP contribution in [0, 0.1) is 5.82 Å². The molecule has 2 unspecified atom stereocenters. The Morgan fingerprint density at radius 1 is 1.48 bits per heavy atom. The van der Waals surface area contributed by atoms with E-state index in [9.17, 15) is 14.0 Å². The highest BCUT2D eigenvalue weighted by Gasteiger charge is 2.41. The van der Waals surface area contributed by atoms with E-state index in [2.05, 4.69) is 0 Å². The number of hydrogen-bond donors (Lipinski definition) is 1. The van der Waals surface area contributed by atoms with Gasteiger partial charge in [0.2, 0.25) is 11.8 Å². The van der Waals surface area contributed by atoms with Gasteiger partial charge in [-0.2, -0.15) is 0 Å². The lowest BCUT2D eigenvalue weighted by Gasteiger charge is -2.32. The number of nitrogens with two attached hydrogens (primary N) is 1. The molecule has 1 aliphatic rings. The average molecular weight is 321 g/mol. The first-order chi connectivity index (χ1) is 10.8. The molecular weight excluding hydrogens is 297 g/mol. The van der Waals surface area contributed by atoms with Gasteiger partial charge in [0.1, 0.15) is 11.9 Å². The Balaban J connectivity index is 2.16. The summed E-state index contributed by atoms with van der Waals surface area (Å²) >= 11 is 0. The molecule has 2 N–H and O–H groups in total. The zero-order valence-electron chi connectivity index (χ0n) is 13.9. The number of likely N-dealkylation sites (N-methyl/N-ethyl adjacent to an activating group) is 1. The van der Waals surface area contributed by atoms with E-state index in [4.69, 9.17) is 5.73 Å². The molecule has 2 amide bonds. The number of rotatable bonds is 5. The van der Waals surface area contributed by atoms with Crippen LogP contribution in [-0.2, 0) is 9.59 Å². The van der Waals surface area contributed by atoms with Crippen LogP contribution in [0.1, 0.15) is 33.1 Å². The summed E-state index contributed by atoms with van der Waals surface area (Å²) in [5.74, 6) is -0.962. The predicted molar refractivity (Wildman–Crippen MR) is 87.4 cm³/mol. The molecule has 0 saturated carbocycles. The normalized spacial score (nSPS) is 20.5. The summed E-state index contributed by atoms with van der Waals surface area (Å²) in [6.45, 7) is 4.03. The van der Waals surface area contributed by atoms with Gasteiger partial charge in [-0.3, -0.25) is 9.59 Å². The minimum atomic E-state index is -0.991. The van der Waals surface area contributed by atoms with E-state index in [1.807, 2.05) is 6.92 Å². The van der Waals surface area contributed by atoms with E-state index in [0.717, 1.165) is 6.42 Å². The van der Waals surface area contributed by atoms with E-state index in [1.165, 1.54) is 15.9 Å². The number of carbonyl (C=O) groups excluding carboxylic acids is 2. The monoisotopic (exact) mass is 321 g/mol. The molecule has 23 heavy (non-hydrogen) atoms. The standard InChI is InChI=1S/C17H24FN3O2/c1-4-10-17(2,19)16(23)20(3)14-9-11-21(15(14)22)13-8-6-5-7-12(13)18/h5-8,14H,4,9-11,19H2,1-3H3. The first-order valence-corrected chi connectivity index (χ1v) is 7.91. The maximum Gasteiger partial charge on any atom is 0.249 e. The van der Waals surface area contributed by atoms with E-state index in [1.54, 1.807) is 32.2 Å². The fraction of sp³-hybridized carbons (Fsp3) is 0.529. The Labute approximate surface area is 136 Å². The van der Waals surface area contributed by atoms with Crippen molar-refractivity contribution in [2.24, 2.45) is 5.73 Å². The molecule has 0 aromatic heterocycles. The maximum absolute atomic E-state index is 13.9. The van der Waals surface area contributed by atoms with Gasteiger partial charge in [-0.1, -0.05) is 25.5 Å². The molecule has 0 spiro atoms. The third kappa shape index (κ3) is 3.37. The third-order valence-electron chi connectivity index (χ3n) is 4.37. The number of benzene rings is 1. The first kappa shape index (κ1) is 17.4. The summed E-state index contributed by atoms with van der Waals surface area (Å²) in [7, 11) is 1.59. The van der Waals surface area contributed by atoms with Gasteiger partial charge in [0.05, 0.1) is 11.2 Å². The van der Waals surface area contributed by atoms with Crippen molar-refractivity contribution in [1.29, 1.82) is 0 Å². The summed E-state index contributed by atoms with van der Waals surface area (Å²) in [5, 5.41) is 0. The van der Waals surface area contributed by atoms with Crippen LogP contribution in [0.15, 0.2) is 24.3 Å². The smallest absolute Gasteiger partial charge is 0.249 e. The van der Waals surface area contributed by atoms with E-state index in [-0.39, 0.29) is 17.5 Å². The highest BCUT2D eigenvalue weighted by atomic mass is 19.1. The lowest BCUT2D eigenvalue weighted by molar-refractivity contribution is -0.141. The van der Waals surface area contributed by atoms with E-state index >= 15 is 0 Å². The molecule has 2 atom stereocenters. The summed E-state index contributed by atoms with van der Waals surface area (Å²) in [6.07, 6.45) is 1.80. The quantitative estimate of drug-likeness (QED) is 0.901. The molecule has 6 heteroatoms. The van der Waals surface area contributed by atoms with Gasteiger partial charge in [0, 0.05) is 13.6 Å². The second-order valence-electron chi connectivity index (χ2n) is 6.33. The first-order valence-electron chi connectivity index (χ1n) is 7.91. The van der Waals surface area contributed by atoms with Crippen molar-refractivity contribution < 1.29 is 14.0 Å². The fourth-order valence-electron chi connectivity index (χ4n) is 3.10. The van der Waals surface area contributed by atoms with Crippen LogP contribution in [0.5, 0.6) is 0 Å². The van der Waals surface area contributed by atoms with Gasteiger partial charge in [0.25, 0.3) is 0 Å². The van der Waals surface area contributed by atoms with Crippen molar-refractivity contribution in [3.63, 3.8) is 0 Å². The van der Waals surface area contributed by atoms with Gasteiger partial charge in [-0.25, -0.2) is 4.39 Å². The molecule has 1 aromatic carbocycles.